The number of hydrogen-bond acceptors (Lipinski definition) is 5. The number of nitrogens with one attached hydrogen (secondary N) is 1. The van der Waals surface area contributed by atoms with Gasteiger partial charge in [0.05, 0.1) is 5.69 Å². The monoisotopic (exact) mass is 278 g/mol. The number of anilines is 1. The number of amides is 1. The molecule has 0 radical (unpaired) electrons. The van der Waals surface area contributed by atoms with Crippen LogP contribution in [0.1, 0.15) is 37.4 Å². The largest absolute Gasteiger partial charge is 0.363 e. The van der Waals surface area contributed by atoms with Crippen LogP contribution >= 0.6 is 11.5 Å². The molecule has 5 nitrogen and oxygen atoms in total. The molecule has 0 spiro atoms. The van der Waals surface area contributed by atoms with Crippen LogP contribution in [0.2, 0.25) is 0 Å². The Hall–Kier alpha value is -1.61. The fourth-order valence-corrected chi connectivity index (χ4v) is 3.08. The Balaban J connectivity index is 2.02. The third kappa shape index (κ3) is 3.04. The van der Waals surface area contributed by atoms with E-state index in [1.54, 1.807) is 6.92 Å². The van der Waals surface area contributed by atoms with E-state index in [0.717, 1.165) is 25.9 Å². The normalized spacial score (nSPS) is 16.8. The van der Waals surface area contributed by atoms with E-state index in [0.29, 0.717) is 16.3 Å². The minimum atomic E-state index is -0.315. The standard InChI is InChI=1S/C13H18N4OS/c1-9-11(8-14)12(19-16-9)15-10(2)13(18)17-6-4-3-5-7-17/h10,15H,3-7H2,1-2H3. The molecule has 2 heterocycles. The van der Waals surface area contributed by atoms with Crippen molar-refractivity contribution in [3.63, 3.8) is 0 Å². The average Bonchev–Trinajstić information content (AvgIpc) is 2.79. The first kappa shape index (κ1) is 13.8. The van der Waals surface area contributed by atoms with Crippen molar-refractivity contribution in [2.45, 2.75) is 39.2 Å². The van der Waals surface area contributed by atoms with E-state index in [9.17, 15) is 4.79 Å². The van der Waals surface area contributed by atoms with Crippen molar-refractivity contribution in [1.29, 1.82) is 5.26 Å². The highest BCUT2D eigenvalue weighted by atomic mass is 32.1. The molecular formula is C13H18N4OS. The van der Waals surface area contributed by atoms with Crippen LogP contribution < -0.4 is 5.32 Å². The summed E-state index contributed by atoms with van der Waals surface area (Å²) in [5, 5.41) is 12.9. The molecule has 6 heteroatoms. The van der Waals surface area contributed by atoms with Gasteiger partial charge in [0, 0.05) is 13.1 Å². The molecule has 1 N–H and O–H groups in total. The minimum Gasteiger partial charge on any atom is -0.363 e. The van der Waals surface area contributed by atoms with Crippen molar-refractivity contribution in [3.8, 4) is 6.07 Å². The van der Waals surface area contributed by atoms with Crippen LogP contribution in [0, 0.1) is 18.3 Å². The van der Waals surface area contributed by atoms with E-state index in [4.69, 9.17) is 5.26 Å². The SMILES string of the molecule is Cc1nsc(NC(C)C(=O)N2CCCCC2)c1C#N. The van der Waals surface area contributed by atoms with Gasteiger partial charge in [-0.25, -0.2) is 0 Å². The number of likely N-dealkylation sites (tertiary alicyclic amines) is 1. The molecule has 0 aromatic carbocycles. The van der Waals surface area contributed by atoms with Crippen molar-refractivity contribution < 1.29 is 4.79 Å². The number of aryl methyl sites for hydroxylation is 1. The van der Waals surface area contributed by atoms with Crippen molar-refractivity contribution in [2.24, 2.45) is 0 Å². The summed E-state index contributed by atoms with van der Waals surface area (Å²) in [7, 11) is 0. The van der Waals surface area contributed by atoms with Crippen LogP contribution in [0.15, 0.2) is 0 Å². The zero-order chi connectivity index (χ0) is 13.8. The second-order valence-electron chi connectivity index (χ2n) is 4.84. The van der Waals surface area contributed by atoms with Gasteiger partial charge in [0.1, 0.15) is 22.7 Å². The highest BCUT2D eigenvalue weighted by Gasteiger charge is 2.23. The fourth-order valence-electron chi connectivity index (χ4n) is 2.25. The van der Waals surface area contributed by atoms with Gasteiger partial charge in [-0.2, -0.15) is 9.64 Å². The number of piperidine rings is 1. The smallest absolute Gasteiger partial charge is 0.244 e. The van der Waals surface area contributed by atoms with Gasteiger partial charge in [-0.1, -0.05) is 0 Å². The van der Waals surface area contributed by atoms with E-state index in [2.05, 4.69) is 15.8 Å². The third-order valence-electron chi connectivity index (χ3n) is 3.36. The van der Waals surface area contributed by atoms with Crippen molar-refractivity contribution >= 4 is 22.4 Å². The number of hydrogen-bond donors (Lipinski definition) is 1. The first-order chi connectivity index (χ1) is 9.13. The molecule has 1 aliphatic rings. The van der Waals surface area contributed by atoms with Crippen molar-refractivity contribution in [1.82, 2.24) is 9.27 Å². The van der Waals surface area contributed by atoms with E-state index in [-0.39, 0.29) is 11.9 Å². The van der Waals surface area contributed by atoms with Gasteiger partial charge in [0.25, 0.3) is 0 Å². The molecule has 0 aliphatic carbocycles. The predicted octanol–water partition coefficient (Wildman–Crippen LogP) is 2.14. The van der Waals surface area contributed by atoms with Crippen LogP contribution in [0.3, 0.4) is 0 Å². The molecule has 0 bridgehead atoms. The van der Waals surface area contributed by atoms with E-state index >= 15 is 0 Å². The predicted molar refractivity (Wildman–Crippen MR) is 75.1 cm³/mol. The average molecular weight is 278 g/mol. The Morgan fingerprint density at radius 1 is 1.47 bits per heavy atom. The van der Waals surface area contributed by atoms with Crippen LogP contribution in [0.5, 0.6) is 0 Å². The number of nitriles is 1. The second kappa shape index (κ2) is 6.02. The Morgan fingerprint density at radius 3 is 2.79 bits per heavy atom. The lowest BCUT2D eigenvalue weighted by Crippen LogP contribution is -2.43. The summed E-state index contributed by atoms with van der Waals surface area (Å²) in [6, 6.07) is 1.81. The number of nitrogens with zero attached hydrogens (tertiary/aromatic N) is 3. The quantitative estimate of drug-likeness (QED) is 0.919. The molecule has 0 saturated carbocycles. The lowest BCUT2D eigenvalue weighted by atomic mass is 10.1. The fraction of sp³-hybridized carbons (Fsp3) is 0.615. The summed E-state index contributed by atoms with van der Waals surface area (Å²) < 4.78 is 4.14. The Kier molecular flexibility index (Phi) is 4.38. The molecule has 1 aromatic heterocycles. The van der Waals surface area contributed by atoms with Gasteiger partial charge in [-0.05, 0) is 44.6 Å². The Morgan fingerprint density at radius 2 is 2.16 bits per heavy atom. The summed E-state index contributed by atoms with van der Waals surface area (Å²) in [4.78, 5) is 14.2. The molecule has 1 aliphatic heterocycles. The number of rotatable bonds is 3. The Bertz CT molecular complexity index is 499. The number of aromatic nitrogens is 1. The molecule has 1 aromatic rings. The number of carbonyl (C=O) groups excluding carboxylic acids is 1. The number of carbonyl (C=O) groups is 1. The highest BCUT2D eigenvalue weighted by molar-refractivity contribution is 7.10. The van der Waals surface area contributed by atoms with Crippen LogP contribution in [-0.2, 0) is 4.79 Å². The highest BCUT2D eigenvalue weighted by Crippen LogP contribution is 2.24. The van der Waals surface area contributed by atoms with Gasteiger partial charge < -0.3 is 10.2 Å². The maximum Gasteiger partial charge on any atom is 0.244 e. The van der Waals surface area contributed by atoms with E-state index in [1.807, 2.05) is 11.8 Å². The lowest BCUT2D eigenvalue weighted by Gasteiger charge is -2.29. The van der Waals surface area contributed by atoms with Crippen molar-refractivity contribution in [2.75, 3.05) is 18.4 Å². The summed E-state index contributed by atoms with van der Waals surface area (Å²) >= 11 is 1.24. The summed E-state index contributed by atoms with van der Waals surface area (Å²) in [5.74, 6) is 0.106. The lowest BCUT2D eigenvalue weighted by molar-refractivity contribution is -0.132. The van der Waals surface area contributed by atoms with Crippen molar-refractivity contribution in [3.05, 3.63) is 11.3 Å². The maximum absolute atomic E-state index is 12.3. The molecule has 2 rings (SSSR count). The topological polar surface area (TPSA) is 69.0 Å². The summed E-state index contributed by atoms with van der Waals surface area (Å²) in [6.45, 7) is 5.33. The van der Waals surface area contributed by atoms with Crippen LogP contribution in [0.4, 0.5) is 5.00 Å². The molecular weight excluding hydrogens is 260 g/mol. The van der Waals surface area contributed by atoms with E-state index < -0.39 is 0 Å². The summed E-state index contributed by atoms with van der Waals surface area (Å²) in [6.07, 6.45) is 3.38. The summed E-state index contributed by atoms with van der Waals surface area (Å²) in [5.41, 5.74) is 1.26. The third-order valence-corrected chi connectivity index (χ3v) is 4.23. The molecule has 1 atom stereocenters. The van der Waals surface area contributed by atoms with Crippen LogP contribution in [0.25, 0.3) is 0 Å². The zero-order valence-corrected chi connectivity index (χ0v) is 12.1. The molecule has 1 fully saturated rings. The van der Waals surface area contributed by atoms with Gasteiger partial charge in [-0.3, -0.25) is 4.79 Å². The van der Waals surface area contributed by atoms with Gasteiger partial charge >= 0.3 is 0 Å². The molecule has 1 unspecified atom stereocenters. The Labute approximate surface area is 117 Å². The first-order valence-corrected chi connectivity index (χ1v) is 7.32. The first-order valence-electron chi connectivity index (χ1n) is 6.55. The van der Waals surface area contributed by atoms with Gasteiger partial charge in [-0.15, -0.1) is 0 Å². The van der Waals surface area contributed by atoms with Crippen LogP contribution in [-0.4, -0.2) is 34.3 Å². The molecule has 19 heavy (non-hydrogen) atoms. The molecule has 1 amide bonds. The molecule has 1 saturated heterocycles. The molecule has 102 valence electrons. The zero-order valence-electron chi connectivity index (χ0n) is 11.3. The maximum atomic E-state index is 12.3. The van der Waals surface area contributed by atoms with Gasteiger partial charge in [0.15, 0.2) is 0 Å². The van der Waals surface area contributed by atoms with Gasteiger partial charge in [0.2, 0.25) is 5.91 Å². The van der Waals surface area contributed by atoms with E-state index in [1.165, 1.54) is 18.0 Å². The second-order valence-corrected chi connectivity index (χ2v) is 5.61. The minimum absolute atomic E-state index is 0.106.